The molecule has 0 fully saturated rings. The first-order chi connectivity index (χ1) is 24.4. The lowest BCUT2D eigenvalue weighted by atomic mass is 9.83. The maximum Gasteiger partial charge on any atom is 0.469 e. The van der Waals surface area contributed by atoms with E-state index in [1.165, 1.54) is 0 Å². The molecule has 2 atom stereocenters. The number of halogens is 26. The summed E-state index contributed by atoms with van der Waals surface area (Å²) < 4.78 is 376. The highest BCUT2D eigenvalue weighted by molar-refractivity contribution is 7.46. The van der Waals surface area contributed by atoms with E-state index in [2.05, 4.69) is 15.8 Å². The minimum atomic E-state index is -8.87. The van der Waals surface area contributed by atoms with Crippen LogP contribution < -0.4 is 0 Å². The van der Waals surface area contributed by atoms with E-state index in [-0.39, 0.29) is 0 Å². The molecule has 0 aromatic heterocycles. The van der Waals surface area contributed by atoms with Crippen LogP contribution in [0.5, 0.6) is 0 Å². The van der Waals surface area contributed by atoms with Crippen molar-refractivity contribution in [3.63, 3.8) is 0 Å². The van der Waals surface area contributed by atoms with Gasteiger partial charge in [-0.2, -0.15) is 110 Å². The van der Waals surface area contributed by atoms with Gasteiger partial charge in [0, 0.05) is 12.0 Å². The third-order valence-corrected chi connectivity index (χ3v) is 7.65. The first-order valence-electron chi connectivity index (χ1n) is 13.5. The van der Waals surface area contributed by atoms with Gasteiger partial charge in [-0.3, -0.25) is 4.52 Å². The second-order valence-electron chi connectivity index (χ2n) is 11.5. The van der Waals surface area contributed by atoms with Crippen LogP contribution in [0.4, 0.5) is 114 Å². The van der Waals surface area contributed by atoms with E-state index < -0.39 is 135 Å². The van der Waals surface area contributed by atoms with Crippen molar-refractivity contribution in [2.45, 2.75) is 109 Å². The summed E-state index contributed by atoms with van der Waals surface area (Å²) in [5.41, 5.74) is -6.66. The average Bonchev–Trinajstić information content (AvgIpc) is 3.00. The summed E-state index contributed by atoms with van der Waals surface area (Å²) in [5.74, 6) is -93.2. The number of esters is 1. The third kappa shape index (κ3) is 8.85. The molecule has 0 rings (SSSR count). The highest BCUT2D eigenvalue weighted by atomic mass is 31.2. The van der Waals surface area contributed by atoms with E-state index in [0.29, 0.717) is 6.92 Å². The molecule has 0 saturated heterocycles. The number of carbonyl (C=O) groups excluding carboxylic acids is 1. The molecule has 0 amide bonds. The Morgan fingerprint density at radius 1 is 0.596 bits per heavy atom. The summed E-state index contributed by atoms with van der Waals surface area (Å²) in [4.78, 5) is 28.5. The molecule has 340 valence electrons. The summed E-state index contributed by atoms with van der Waals surface area (Å²) >= 11 is 0. The standard InChI is InChI=1S/C23H19F26O7P/c1-8(2)10(50)55-6-11(51,7-56-57(52,53)54)14(29,30)17(35,36)20(41,42)19(39,40)16(33,34)13(27,28)9(24)4-3-5-12(25,26)15(31,32)18(37,38)21(43,44)22(45,46)23(47,48)49/h9,51H,1,3-7H2,2H3,(H2,52,53,54). The Balaban J connectivity index is 6.80. The van der Waals surface area contributed by atoms with Crippen molar-refractivity contribution in [1.29, 1.82) is 0 Å². The molecule has 0 aliphatic rings. The Labute approximate surface area is 297 Å². The van der Waals surface area contributed by atoms with Gasteiger partial charge in [0.05, 0.1) is 6.61 Å². The molecule has 0 aliphatic heterocycles. The number of rotatable bonds is 21. The van der Waals surface area contributed by atoms with Gasteiger partial charge in [-0.05, 0) is 19.8 Å². The fourth-order valence-corrected chi connectivity index (χ4v) is 4.04. The highest BCUT2D eigenvalue weighted by Crippen LogP contribution is 2.64. The predicted molar refractivity (Wildman–Crippen MR) is 128 cm³/mol. The van der Waals surface area contributed by atoms with E-state index >= 15 is 0 Å². The van der Waals surface area contributed by atoms with Gasteiger partial charge in [-0.25, -0.2) is 13.8 Å². The molecule has 0 bridgehead atoms. The van der Waals surface area contributed by atoms with Crippen molar-refractivity contribution in [2.75, 3.05) is 13.2 Å². The molecule has 0 heterocycles. The largest absolute Gasteiger partial charge is 0.469 e. The minimum absolute atomic E-state index is 0.586. The Bertz CT molecular complexity index is 1500. The number of ether oxygens (including phenoxy) is 1. The van der Waals surface area contributed by atoms with Crippen LogP contribution in [-0.2, 0) is 18.6 Å². The zero-order valence-corrected chi connectivity index (χ0v) is 27.5. The zero-order valence-electron chi connectivity index (χ0n) is 26.6. The van der Waals surface area contributed by atoms with E-state index in [1.54, 1.807) is 0 Å². The van der Waals surface area contributed by atoms with Gasteiger partial charge >= 0.3 is 85.1 Å². The molecule has 0 spiro atoms. The quantitative estimate of drug-likeness (QED) is 0.0456. The fourth-order valence-electron chi connectivity index (χ4n) is 3.66. The van der Waals surface area contributed by atoms with E-state index in [0.717, 1.165) is 0 Å². The Kier molecular flexibility index (Phi) is 14.8. The average molecular weight is 932 g/mol. The monoisotopic (exact) mass is 932 g/mol. The molecular formula is C23H19F26O7P. The van der Waals surface area contributed by atoms with Crippen LogP contribution in [-0.4, -0.2) is 117 Å². The normalized spacial score (nSPS) is 17.3. The molecule has 34 heteroatoms. The lowest BCUT2D eigenvalue weighted by Crippen LogP contribution is -2.75. The fraction of sp³-hybridized carbons (Fsp3) is 0.870. The van der Waals surface area contributed by atoms with Crippen molar-refractivity contribution in [1.82, 2.24) is 0 Å². The van der Waals surface area contributed by atoms with Gasteiger partial charge in [-0.1, -0.05) is 6.58 Å². The maximum absolute atomic E-state index is 14.8. The van der Waals surface area contributed by atoms with Crippen molar-refractivity contribution in [2.24, 2.45) is 0 Å². The molecule has 0 saturated carbocycles. The zero-order chi connectivity index (χ0) is 46.7. The topological polar surface area (TPSA) is 113 Å². The van der Waals surface area contributed by atoms with Crippen molar-refractivity contribution in [3.05, 3.63) is 12.2 Å². The van der Waals surface area contributed by atoms with Crippen LogP contribution >= 0.6 is 7.82 Å². The number of carbonyl (C=O) groups is 1. The first kappa shape index (κ1) is 54.5. The Morgan fingerprint density at radius 2 is 0.947 bits per heavy atom. The van der Waals surface area contributed by atoms with Gasteiger partial charge < -0.3 is 19.6 Å². The molecule has 0 radical (unpaired) electrons. The van der Waals surface area contributed by atoms with Crippen LogP contribution in [0.1, 0.15) is 26.2 Å². The maximum atomic E-state index is 14.8. The number of phosphoric ester groups is 1. The summed E-state index contributed by atoms with van der Waals surface area (Å²) in [7, 11) is -6.36. The molecule has 3 N–H and O–H groups in total. The number of aliphatic hydroxyl groups is 1. The SMILES string of the molecule is C=C(C)C(=O)OCC(O)(COP(=O)(O)O)C(F)(F)C(F)(F)C(F)(F)C(F)(F)C(F)(F)C(F)(F)C(F)CCCC(F)(F)C(F)(F)C(F)(F)C(F)(F)C(F)(F)C(F)(F)F. The summed E-state index contributed by atoms with van der Waals surface area (Å²) in [6.07, 6.45) is -23.5. The van der Waals surface area contributed by atoms with Crippen molar-refractivity contribution >= 4 is 13.8 Å². The van der Waals surface area contributed by atoms with E-state index in [1.807, 2.05) is 0 Å². The molecule has 7 nitrogen and oxygen atoms in total. The number of alkyl halides is 26. The highest BCUT2D eigenvalue weighted by Gasteiger charge is 2.93. The minimum Gasteiger partial charge on any atom is -0.459 e. The van der Waals surface area contributed by atoms with E-state index in [9.17, 15) is 129 Å². The third-order valence-electron chi connectivity index (χ3n) is 7.18. The second kappa shape index (κ2) is 15.5. The molecule has 57 heavy (non-hydrogen) atoms. The van der Waals surface area contributed by atoms with Crippen LogP contribution in [0.3, 0.4) is 0 Å². The molecular weight excluding hydrogens is 913 g/mol. The lowest BCUT2D eigenvalue weighted by Gasteiger charge is -2.45. The lowest BCUT2D eigenvalue weighted by molar-refractivity contribution is -0.443. The number of hydrogen-bond donors (Lipinski definition) is 3. The predicted octanol–water partition coefficient (Wildman–Crippen LogP) is 9.01. The van der Waals surface area contributed by atoms with Crippen LogP contribution in [0.2, 0.25) is 0 Å². The van der Waals surface area contributed by atoms with Gasteiger partial charge in [0.1, 0.15) is 6.61 Å². The summed E-state index contributed by atoms with van der Waals surface area (Å²) in [5, 5.41) is 9.87. The first-order valence-corrected chi connectivity index (χ1v) is 15.1. The van der Waals surface area contributed by atoms with E-state index in [4.69, 9.17) is 9.79 Å². The Hall–Kier alpha value is -2.54. The number of hydrogen-bond acceptors (Lipinski definition) is 5. The smallest absolute Gasteiger partial charge is 0.459 e. The molecule has 2 unspecified atom stereocenters. The molecule has 0 aromatic rings. The van der Waals surface area contributed by atoms with Gasteiger partial charge in [0.25, 0.3) is 0 Å². The van der Waals surface area contributed by atoms with Crippen molar-refractivity contribution < 1.29 is 148 Å². The van der Waals surface area contributed by atoms with Crippen molar-refractivity contribution in [3.8, 4) is 0 Å². The second-order valence-corrected chi connectivity index (χ2v) is 12.7. The summed E-state index contributed by atoms with van der Waals surface area (Å²) in [6.45, 7) is -2.92. The summed E-state index contributed by atoms with van der Waals surface area (Å²) in [6, 6.07) is 0. The van der Waals surface area contributed by atoms with Gasteiger partial charge in [-0.15, -0.1) is 0 Å². The van der Waals surface area contributed by atoms with Gasteiger partial charge in [0.15, 0.2) is 11.8 Å². The Morgan fingerprint density at radius 3 is 1.32 bits per heavy atom. The van der Waals surface area contributed by atoms with Crippen LogP contribution in [0.15, 0.2) is 12.2 Å². The van der Waals surface area contributed by atoms with Gasteiger partial charge in [0.2, 0.25) is 0 Å². The molecule has 0 aliphatic carbocycles. The van der Waals surface area contributed by atoms with Crippen LogP contribution in [0, 0.1) is 0 Å². The molecule has 0 aromatic carbocycles. The van der Waals surface area contributed by atoms with Crippen LogP contribution in [0.25, 0.3) is 0 Å². The number of phosphoric acid groups is 1.